The van der Waals surface area contributed by atoms with Gasteiger partial charge in [0.05, 0.1) is 5.69 Å². The average molecular weight is 359 g/mol. The molecule has 4 rings (SSSR count). The molecule has 1 saturated heterocycles. The van der Waals surface area contributed by atoms with Gasteiger partial charge in [-0.1, -0.05) is 12.1 Å². The molecule has 3 heterocycles. The number of hydrogen-bond donors (Lipinski definition) is 0. The van der Waals surface area contributed by atoms with Crippen LogP contribution in [0.3, 0.4) is 0 Å². The van der Waals surface area contributed by atoms with Gasteiger partial charge >= 0.3 is 5.69 Å². The van der Waals surface area contributed by atoms with Crippen LogP contribution in [0.5, 0.6) is 0 Å². The first-order chi connectivity index (χ1) is 12.6. The zero-order chi connectivity index (χ0) is 18.1. The van der Waals surface area contributed by atoms with E-state index >= 15 is 0 Å². The number of amides is 1. The maximum Gasteiger partial charge on any atom is 0.346 e. The molecule has 0 saturated carbocycles. The molecule has 1 aromatic carbocycles. The van der Waals surface area contributed by atoms with Crippen LogP contribution in [-0.4, -0.2) is 51.3 Å². The van der Waals surface area contributed by atoms with Crippen molar-refractivity contribution in [3.05, 3.63) is 46.4 Å². The Kier molecular flexibility index (Phi) is 4.48. The first-order valence-electron chi connectivity index (χ1n) is 9.07. The molecule has 1 aromatic heterocycles. The van der Waals surface area contributed by atoms with Gasteiger partial charge in [0.15, 0.2) is 0 Å². The number of carbonyl (C=O) groups is 1. The molecule has 2 aromatic rings. The number of fused-ring (bicyclic) bond motifs is 1. The Morgan fingerprint density at radius 3 is 2.58 bits per heavy atom. The van der Waals surface area contributed by atoms with Crippen molar-refractivity contribution in [2.24, 2.45) is 0 Å². The molecule has 7 nitrogen and oxygen atoms in total. The van der Waals surface area contributed by atoms with E-state index in [-0.39, 0.29) is 24.0 Å². The van der Waals surface area contributed by atoms with Gasteiger partial charge in [-0.15, -0.1) is 0 Å². The normalized spacial score (nSPS) is 17.3. The van der Waals surface area contributed by atoms with Crippen molar-refractivity contribution in [1.29, 1.82) is 0 Å². The third-order valence-electron chi connectivity index (χ3n) is 5.14. The Labute approximate surface area is 150 Å². The predicted molar refractivity (Wildman–Crippen MR) is 94.6 cm³/mol. The second-order valence-electron chi connectivity index (χ2n) is 6.78. The second-order valence-corrected chi connectivity index (χ2v) is 6.78. The summed E-state index contributed by atoms with van der Waals surface area (Å²) in [5.74, 6) is 0.413. The van der Waals surface area contributed by atoms with Gasteiger partial charge in [0.2, 0.25) is 5.91 Å². The smallest absolute Gasteiger partial charge is 0.346 e. The Hall–Kier alpha value is -2.64. The van der Waals surface area contributed by atoms with Gasteiger partial charge < -0.3 is 9.80 Å². The SMILES string of the molecule is O=C(Cn1nc2n(c1=O)CCCC2)N1CCN(c2ccccc2F)CC1. The minimum atomic E-state index is -0.248. The van der Waals surface area contributed by atoms with Crippen molar-refractivity contribution in [3.8, 4) is 0 Å². The van der Waals surface area contributed by atoms with E-state index in [0.29, 0.717) is 38.4 Å². The quantitative estimate of drug-likeness (QED) is 0.816. The van der Waals surface area contributed by atoms with Gasteiger partial charge in [0.25, 0.3) is 0 Å². The number of anilines is 1. The van der Waals surface area contributed by atoms with E-state index in [0.717, 1.165) is 25.1 Å². The number of hydrogen-bond acceptors (Lipinski definition) is 4. The molecule has 2 aliphatic rings. The fourth-order valence-electron chi connectivity index (χ4n) is 3.68. The highest BCUT2D eigenvalue weighted by molar-refractivity contribution is 5.76. The number of piperazine rings is 1. The van der Waals surface area contributed by atoms with Crippen molar-refractivity contribution < 1.29 is 9.18 Å². The molecule has 1 fully saturated rings. The molecule has 0 N–H and O–H groups in total. The Balaban J connectivity index is 1.39. The highest BCUT2D eigenvalue weighted by Gasteiger charge is 2.24. The molecular weight excluding hydrogens is 337 g/mol. The molecule has 2 aliphatic heterocycles. The van der Waals surface area contributed by atoms with Crippen LogP contribution in [0.2, 0.25) is 0 Å². The molecule has 138 valence electrons. The number of aryl methyl sites for hydroxylation is 1. The van der Waals surface area contributed by atoms with Gasteiger partial charge in [-0.05, 0) is 25.0 Å². The van der Waals surface area contributed by atoms with Gasteiger partial charge in [-0.3, -0.25) is 9.36 Å². The van der Waals surface area contributed by atoms with Gasteiger partial charge in [-0.25, -0.2) is 13.9 Å². The van der Waals surface area contributed by atoms with E-state index in [1.54, 1.807) is 21.6 Å². The van der Waals surface area contributed by atoms with Crippen LogP contribution >= 0.6 is 0 Å². The first-order valence-corrected chi connectivity index (χ1v) is 9.07. The summed E-state index contributed by atoms with van der Waals surface area (Å²) in [5, 5.41) is 4.32. The Morgan fingerprint density at radius 2 is 1.85 bits per heavy atom. The second kappa shape index (κ2) is 6.93. The zero-order valence-corrected chi connectivity index (χ0v) is 14.6. The van der Waals surface area contributed by atoms with Crippen molar-refractivity contribution in [1.82, 2.24) is 19.2 Å². The number of para-hydroxylation sites is 1. The van der Waals surface area contributed by atoms with E-state index in [4.69, 9.17) is 0 Å². The number of benzene rings is 1. The number of rotatable bonds is 3. The number of aromatic nitrogens is 3. The molecule has 0 radical (unpaired) electrons. The summed E-state index contributed by atoms with van der Waals surface area (Å²) in [6, 6.07) is 6.67. The minimum absolute atomic E-state index is 0.0292. The zero-order valence-electron chi connectivity index (χ0n) is 14.6. The lowest BCUT2D eigenvalue weighted by Gasteiger charge is -2.36. The fraction of sp³-hybridized carbons (Fsp3) is 0.500. The molecule has 0 atom stereocenters. The third kappa shape index (κ3) is 3.11. The fourth-order valence-corrected chi connectivity index (χ4v) is 3.68. The lowest BCUT2D eigenvalue weighted by Crippen LogP contribution is -2.50. The maximum atomic E-state index is 13.9. The van der Waals surface area contributed by atoms with Crippen LogP contribution in [0.1, 0.15) is 18.7 Å². The molecule has 0 spiro atoms. The van der Waals surface area contributed by atoms with Crippen LogP contribution in [0.15, 0.2) is 29.1 Å². The van der Waals surface area contributed by atoms with Crippen LogP contribution in [0.25, 0.3) is 0 Å². The van der Waals surface area contributed by atoms with E-state index < -0.39 is 0 Å². The molecule has 8 heteroatoms. The summed E-state index contributed by atoms with van der Waals surface area (Å²) in [6.45, 7) is 2.82. The molecule has 26 heavy (non-hydrogen) atoms. The molecule has 1 amide bonds. The Morgan fingerprint density at radius 1 is 1.08 bits per heavy atom. The third-order valence-corrected chi connectivity index (χ3v) is 5.14. The highest BCUT2D eigenvalue weighted by atomic mass is 19.1. The van der Waals surface area contributed by atoms with Gasteiger partial charge in [0, 0.05) is 39.1 Å². The average Bonchev–Trinajstić information content (AvgIpc) is 2.98. The van der Waals surface area contributed by atoms with Crippen LogP contribution < -0.4 is 10.6 Å². The lowest BCUT2D eigenvalue weighted by molar-refractivity contribution is -0.132. The van der Waals surface area contributed by atoms with E-state index in [9.17, 15) is 14.0 Å². The summed E-state index contributed by atoms with van der Waals surface area (Å²) in [5.41, 5.74) is 0.371. The van der Waals surface area contributed by atoms with Crippen molar-refractivity contribution >= 4 is 11.6 Å². The minimum Gasteiger partial charge on any atom is -0.366 e. The largest absolute Gasteiger partial charge is 0.366 e. The number of nitrogens with zero attached hydrogens (tertiary/aromatic N) is 5. The van der Waals surface area contributed by atoms with Crippen molar-refractivity contribution in [2.75, 3.05) is 31.1 Å². The highest BCUT2D eigenvalue weighted by Crippen LogP contribution is 2.20. The van der Waals surface area contributed by atoms with Gasteiger partial charge in [-0.2, -0.15) is 5.10 Å². The summed E-state index contributed by atoms with van der Waals surface area (Å²) in [7, 11) is 0. The number of halogens is 1. The first kappa shape index (κ1) is 16.8. The van der Waals surface area contributed by atoms with Crippen molar-refractivity contribution in [3.63, 3.8) is 0 Å². The molecule has 0 unspecified atom stereocenters. The summed E-state index contributed by atoms with van der Waals surface area (Å²) >= 11 is 0. The lowest BCUT2D eigenvalue weighted by atomic mass is 10.2. The molecule has 0 aliphatic carbocycles. The van der Waals surface area contributed by atoms with Crippen LogP contribution in [0, 0.1) is 5.82 Å². The molecular formula is C18H22FN5O2. The summed E-state index contributed by atoms with van der Waals surface area (Å²) in [4.78, 5) is 28.6. The predicted octanol–water partition coefficient (Wildman–Crippen LogP) is 0.869. The van der Waals surface area contributed by atoms with Crippen LogP contribution in [-0.2, 0) is 24.3 Å². The Bertz CT molecular complexity index is 867. The van der Waals surface area contributed by atoms with E-state index in [2.05, 4.69) is 5.10 Å². The topological polar surface area (TPSA) is 63.4 Å². The van der Waals surface area contributed by atoms with Crippen molar-refractivity contribution in [2.45, 2.75) is 32.4 Å². The summed E-state index contributed by atoms with van der Waals surface area (Å²) in [6.07, 6.45) is 2.80. The monoisotopic (exact) mass is 359 g/mol. The standard InChI is InChI=1S/C18H22FN5O2/c19-14-5-1-2-6-15(14)21-9-11-22(12-10-21)17(25)13-24-18(26)23-8-4-3-7-16(23)20-24/h1-2,5-6H,3-4,7-13H2. The van der Waals surface area contributed by atoms with Crippen LogP contribution in [0.4, 0.5) is 10.1 Å². The molecule has 0 bridgehead atoms. The maximum absolute atomic E-state index is 13.9. The summed E-state index contributed by atoms with van der Waals surface area (Å²) < 4.78 is 16.9. The van der Waals surface area contributed by atoms with E-state index in [1.807, 2.05) is 11.0 Å². The number of carbonyl (C=O) groups excluding carboxylic acids is 1. The van der Waals surface area contributed by atoms with E-state index in [1.165, 1.54) is 10.7 Å². The van der Waals surface area contributed by atoms with Gasteiger partial charge in [0.1, 0.15) is 18.2 Å².